The van der Waals surface area contributed by atoms with E-state index in [1.165, 1.54) is 6.92 Å². The summed E-state index contributed by atoms with van der Waals surface area (Å²) in [5.41, 5.74) is -0.132. The fraction of sp³-hybridized carbons (Fsp3) is 0.818. The Morgan fingerprint density at radius 1 is 1.35 bits per heavy atom. The number of hydrogen-bond donors (Lipinski definition) is 3. The van der Waals surface area contributed by atoms with Crippen molar-refractivity contribution in [2.45, 2.75) is 32.4 Å². The molecule has 6 heteroatoms. The van der Waals surface area contributed by atoms with E-state index >= 15 is 0 Å². The van der Waals surface area contributed by atoms with Crippen molar-refractivity contribution in [2.75, 3.05) is 26.4 Å². The van der Waals surface area contributed by atoms with Crippen molar-refractivity contribution in [1.29, 1.82) is 0 Å². The van der Waals surface area contributed by atoms with E-state index in [1.807, 2.05) is 32.8 Å². The van der Waals surface area contributed by atoms with Gasteiger partial charge >= 0.3 is 0 Å². The highest BCUT2D eigenvalue weighted by Gasteiger charge is 2.24. The Kier molecular flexibility index (Phi) is 6.56. The summed E-state index contributed by atoms with van der Waals surface area (Å²) in [7, 11) is 3.91. The van der Waals surface area contributed by atoms with Crippen molar-refractivity contribution in [2.24, 2.45) is 0 Å². The summed E-state index contributed by atoms with van der Waals surface area (Å²) in [6.45, 7) is 5.96. The van der Waals surface area contributed by atoms with E-state index < -0.39 is 6.04 Å². The zero-order chi connectivity index (χ0) is 13.6. The first-order valence-electron chi connectivity index (χ1n) is 5.54. The van der Waals surface area contributed by atoms with Crippen LogP contribution in [0.5, 0.6) is 0 Å². The van der Waals surface area contributed by atoms with Gasteiger partial charge in [-0.3, -0.25) is 9.59 Å². The molecule has 0 radical (unpaired) electrons. The van der Waals surface area contributed by atoms with Crippen LogP contribution in [-0.4, -0.2) is 54.7 Å². The maximum Gasteiger partial charge on any atom is 0.243 e. The van der Waals surface area contributed by atoms with Gasteiger partial charge in [-0.25, -0.2) is 0 Å². The largest absolute Gasteiger partial charge is 0.352 e. The third-order valence-electron chi connectivity index (χ3n) is 2.78. The van der Waals surface area contributed by atoms with Gasteiger partial charge in [0, 0.05) is 24.8 Å². The predicted molar refractivity (Wildman–Crippen MR) is 72.2 cm³/mol. The monoisotopic (exact) mass is 261 g/mol. The molecular weight excluding hydrogens is 238 g/mol. The second kappa shape index (κ2) is 6.86. The van der Waals surface area contributed by atoms with Crippen molar-refractivity contribution in [3.8, 4) is 0 Å². The molecule has 100 valence electrons. The van der Waals surface area contributed by atoms with Gasteiger partial charge < -0.3 is 15.5 Å². The van der Waals surface area contributed by atoms with Gasteiger partial charge in [0.05, 0.1) is 0 Å². The molecule has 0 spiro atoms. The van der Waals surface area contributed by atoms with Gasteiger partial charge in [-0.05, 0) is 27.9 Å². The molecule has 0 aliphatic rings. The zero-order valence-corrected chi connectivity index (χ0v) is 12.1. The molecule has 0 aliphatic heterocycles. The van der Waals surface area contributed by atoms with Crippen LogP contribution in [0.15, 0.2) is 0 Å². The fourth-order valence-corrected chi connectivity index (χ4v) is 1.28. The summed E-state index contributed by atoms with van der Waals surface area (Å²) < 4.78 is 0. The number of nitrogens with zero attached hydrogens (tertiary/aromatic N) is 1. The molecule has 17 heavy (non-hydrogen) atoms. The normalized spacial score (nSPS) is 13.4. The highest BCUT2D eigenvalue weighted by Crippen LogP contribution is 2.07. The Bertz CT molecular complexity index is 280. The average molecular weight is 261 g/mol. The average Bonchev–Trinajstić information content (AvgIpc) is 2.22. The summed E-state index contributed by atoms with van der Waals surface area (Å²) in [5.74, 6) is -0.149. The zero-order valence-electron chi connectivity index (χ0n) is 11.2. The molecule has 0 aromatic carbocycles. The Labute approximate surface area is 109 Å². The van der Waals surface area contributed by atoms with Crippen molar-refractivity contribution in [3.63, 3.8) is 0 Å². The molecule has 5 nitrogen and oxygen atoms in total. The Hall–Kier alpha value is -0.750. The van der Waals surface area contributed by atoms with Crippen molar-refractivity contribution < 1.29 is 9.59 Å². The van der Waals surface area contributed by atoms with Crippen molar-refractivity contribution >= 4 is 24.4 Å². The Morgan fingerprint density at radius 3 is 2.24 bits per heavy atom. The van der Waals surface area contributed by atoms with Gasteiger partial charge in [0.1, 0.15) is 6.04 Å². The minimum absolute atomic E-state index is 0.132. The highest BCUT2D eigenvalue weighted by atomic mass is 32.1. The van der Waals surface area contributed by atoms with Gasteiger partial charge in [0.15, 0.2) is 0 Å². The molecule has 1 atom stereocenters. The molecule has 0 fully saturated rings. The molecule has 0 saturated carbocycles. The van der Waals surface area contributed by atoms with E-state index in [9.17, 15) is 9.59 Å². The van der Waals surface area contributed by atoms with Crippen molar-refractivity contribution in [1.82, 2.24) is 15.5 Å². The van der Waals surface area contributed by atoms with Gasteiger partial charge in [-0.15, -0.1) is 0 Å². The molecular formula is C11H23N3O2S. The summed E-state index contributed by atoms with van der Waals surface area (Å²) in [6, 6.07) is -0.575. The smallest absolute Gasteiger partial charge is 0.243 e. The maximum absolute atomic E-state index is 11.8. The fourth-order valence-electron chi connectivity index (χ4n) is 1.02. The molecule has 0 aromatic heterocycles. The van der Waals surface area contributed by atoms with Crippen LogP contribution in [0.3, 0.4) is 0 Å². The van der Waals surface area contributed by atoms with Crippen molar-refractivity contribution in [3.05, 3.63) is 0 Å². The minimum Gasteiger partial charge on any atom is -0.352 e. The van der Waals surface area contributed by atoms with Crippen LogP contribution in [0.2, 0.25) is 0 Å². The standard InChI is InChI=1S/C11H23N3O2S/c1-8(15)13-9(6-17)10(16)12-7-11(2,3)14(4)5/h9,17H,6-7H2,1-5H3,(H,12,16)(H,13,15). The molecule has 0 bridgehead atoms. The van der Waals surface area contributed by atoms with E-state index in [1.54, 1.807) is 0 Å². The lowest BCUT2D eigenvalue weighted by atomic mass is 10.0. The first-order valence-corrected chi connectivity index (χ1v) is 6.17. The topological polar surface area (TPSA) is 61.4 Å². The van der Waals surface area contributed by atoms with E-state index in [4.69, 9.17) is 0 Å². The number of thiol groups is 1. The number of likely N-dealkylation sites (N-methyl/N-ethyl adjacent to an activating group) is 1. The molecule has 2 N–H and O–H groups in total. The van der Waals surface area contributed by atoms with E-state index in [2.05, 4.69) is 23.3 Å². The van der Waals surface area contributed by atoms with Crippen LogP contribution in [0.1, 0.15) is 20.8 Å². The van der Waals surface area contributed by atoms with Crippen LogP contribution in [-0.2, 0) is 9.59 Å². The Balaban J connectivity index is 4.29. The van der Waals surface area contributed by atoms with Crippen LogP contribution in [0, 0.1) is 0 Å². The first-order chi connectivity index (χ1) is 7.70. The maximum atomic E-state index is 11.8. The number of hydrogen-bond acceptors (Lipinski definition) is 4. The van der Waals surface area contributed by atoms with Gasteiger partial charge in [-0.2, -0.15) is 12.6 Å². The van der Waals surface area contributed by atoms with Crippen LogP contribution < -0.4 is 10.6 Å². The molecule has 0 rings (SSSR count). The number of amides is 2. The molecule has 0 aliphatic carbocycles. The first kappa shape index (κ1) is 16.2. The number of nitrogens with one attached hydrogen (secondary N) is 2. The second-order valence-corrected chi connectivity index (χ2v) is 5.23. The predicted octanol–water partition coefficient (Wildman–Crippen LogP) is -0.123. The van der Waals surface area contributed by atoms with E-state index in [0.29, 0.717) is 6.54 Å². The SMILES string of the molecule is CC(=O)NC(CS)C(=O)NCC(C)(C)N(C)C. The van der Waals surface area contributed by atoms with Gasteiger partial charge in [0.2, 0.25) is 11.8 Å². The summed E-state index contributed by atoms with van der Waals surface area (Å²) in [6.07, 6.45) is 0. The lowest BCUT2D eigenvalue weighted by Gasteiger charge is -2.33. The molecule has 0 heterocycles. The number of rotatable bonds is 6. The third kappa shape index (κ3) is 5.93. The van der Waals surface area contributed by atoms with Crippen LogP contribution in [0.4, 0.5) is 0 Å². The number of carbonyl (C=O) groups is 2. The lowest BCUT2D eigenvalue weighted by Crippen LogP contribution is -2.53. The minimum atomic E-state index is -0.575. The summed E-state index contributed by atoms with van der Waals surface area (Å²) in [5, 5.41) is 5.37. The molecule has 0 saturated heterocycles. The van der Waals surface area contributed by atoms with Gasteiger partial charge in [-0.1, -0.05) is 0 Å². The van der Waals surface area contributed by atoms with E-state index in [0.717, 1.165) is 0 Å². The highest BCUT2D eigenvalue weighted by molar-refractivity contribution is 7.80. The second-order valence-electron chi connectivity index (χ2n) is 4.86. The van der Waals surface area contributed by atoms with Crippen LogP contribution in [0.25, 0.3) is 0 Å². The summed E-state index contributed by atoms with van der Waals surface area (Å²) in [4.78, 5) is 24.7. The lowest BCUT2D eigenvalue weighted by molar-refractivity contribution is -0.127. The third-order valence-corrected chi connectivity index (χ3v) is 3.15. The number of carbonyl (C=O) groups excluding carboxylic acids is 2. The Morgan fingerprint density at radius 2 is 1.88 bits per heavy atom. The van der Waals surface area contributed by atoms with E-state index in [-0.39, 0.29) is 23.1 Å². The molecule has 0 aromatic rings. The van der Waals surface area contributed by atoms with Crippen LogP contribution >= 0.6 is 12.6 Å². The van der Waals surface area contributed by atoms with Gasteiger partial charge in [0.25, 0.3) is 0 Å². The molecule has 1 unspecified atom stereocenters. The summed E-state index contributed by atoms with van der Waals surface area (Å²) >= 11 is 4.05. The quantitative estimate of drug-likeness (QED) is 0.584. The molecule has 2 amide bonds.